The Balaban J connectivity index is 0.00000128. The standard InChI is InChI=1S/C12H22N2O.ClH/c13-12(8-5-9-12)11(15)14-10-6-3-1-2-4-7-10;/h10H,1-9,13H2,(H,14,15);1H. The molecule has 0 saturated heterocycles. The third kappa shape index (κ3) is 3.11. The third-order valence-electron chi connectivity index (χ3n) is 3.89. The fourth-order valence-electron chi connectivity index (χ4n) is 2.54. The number of nitrogens with two attached hydrogens (primary N) is 1. The molecule has 2 rings (SSSR count). The molecular weight excluding hydrogens is 224 g/mol. The lowest BCUT2D eigenvalue weighted by Crippen LogP contribution is -2.60. The molecule has 2 fully saturated rings. The van der Waals surface area contributed by atoms with Crippen molar-refractivity contribution in [1.29, 1.82) is 0 Å². The summed E-state index contributed by atoms with van der Waals surface area (Å²) in [4.78, 5) is 11.9. The second-order valence-electron chi connectivity index (χ2n) is 5.17. The average molecular weight is 247 g/mol. The Morgan fingerprint density at radius 3 is 2.06 bits per heavy atom. The highest BCUT2D eigenvalue weighted by Gasteiger charge is 2.40. The van der Waals surface area contributed by atoms with Gasteiger partial charge in [0.2, 0.25) is 5.91 Å². The Labute approximate surface area is 104 Å². The molecule has 0 aromatic rings. The SMILES string of the molecule is Cl.NC1(C(=O)NC2CCCCCC2)CCC1. The maximum Gasteiger partial charge on any atom is 0.240 e. The zero-order chi connectivity index (χ0) is 10.7. The topological polar surface area (TPSA) is 55.1 Å². The fraction of sp³-hybridized carbons (Fsp3) is 0.917. The van der Waals surface area contributed by atoms with Crippen LogP contribution in [0.15, 0.2) is 0 Å². The molecule has 16 heavy (non-hydrogen) atoms. The van der Waals surface area contributed by atoms with E-state index in [-0.39, 0.29) is 18.3 Å². The van der Waals surface area contributed by atoms with Gasteiger partial charge < -0.3 is 11.1 Å². The van der Waals surface area contributed by atoms with Gasteiger partial charge in [0.25, 0.3) is 0 Å². The van der Waals surface area contributed by atoms with Crippen LogP contribution in [0.2, 0.25) is 0 Å². The van der Waals surface area contributed by atoms with Crippen molar-refractivity contribution in [2.75, 3.05) is 0 Å². The number of halogens is 1. The molecule has 0 aromatic heterocycles. The van der Waals surface area contributed by atoms with Crippen molar-refractivity contribution >= 4 is 18.3 Å². The maximum atomic E-state index is 11.9. The van der Waals surface area contributed by atoms with Gasteiger partial charge in [0.1, 0.15) is 0 Å². The largest absolute Gasteiger partial charge is 0.352 e. The van der Waals surface area contributed by atoms with E-state index < -0.39 is 5.54 Å². The highest BCUT2D eigenvalue weighted by Crippen LogP contribution is 2.29. The molecule has 0 spiro atoms. The van der Waals surface area contributed by atoms with Crippen molar-refractivity contribution in [3.63, 3.8) is 0 Å². The molecule has 0 unspecified atom stereocenters. The lowest BCUT2D eigenvalue weighted by atomic mass is 9.77. The van der Waals surface area contributed by atoms with Crippen molar-refractivity contribution in [3.8, 4) is 0 Å². The van der Waals surface area contributed by atoms with Gasteiger partial charge >= 0.3 is 0 Å². The fourth-order valence-corrected chi connectivity index (χ4v) is 2.54. The number of amides is 1. The summed E-state index contributed by atoms with van der Waals surface area (Å²) in [5.74, 6) is 0.0978. The van der Waals surface area contributed by atoms with Gasteiger partial charge in [0.05, 0.1) is 5.54 Å². The minimum absolute atomic E-state index is 0. The minimum Gasteiger partial charge on any atom is -0.352 e. The second kappa shape index (κ2) is 5.87. The Morgan fingerprint density at radius 1 is 1.06 bits per heavy atom. The number of hydrogen-bond acceptors (Lipinski definition) is 2. The van der Waals surface area contributed by atoms with Gasteiger partial charge in [-0.3, -0.25) is 4.79 Å². The lowest BCUT2D eigenvalue weighted by Gasteiger charge is -2.37. The van der Waals surface area contributed by atoms with E-state index in [9.17, 15) is 4.79 Å². The van der Waals surface area contributed by atoms with E-state index >= 15 is 0 Å². The molecule has 4 heteroatoms. The number of rotatable bonds is 2. The summed E-state index contributed by atoms with van der Waals surface area (Å²) < 4.78 is 0. The smallest absolute Gasteiger partial charge is 0.240 e. The van der Waals surface area contributed by atoms with E-state index in [4.69, 9.17) is 5.73 Å². The van der Waals surface area contributed by atoms with E-state index in [1.807, 2.05) is 0 Å². The monoisotopic (exact) mass is 246 g/mol. The maximum absolute atomic E-state index is 11.9. The van der Waals surface area contributed by atoms with Crippen molar-refractivity contribution < 1.29 is 4.79 Å². The van der Waals surface area contributed by atoms with Gasteiger partial charge in [-0.05, 0) is 32.1 Å². The Kier molecular flexibility index (Phi) is 5.06. The summed E-state index contributed by atoms with van der Waals surface area (Å²) >= 11 is 0. The van der Waals surface area contributed by atoms with Crippen LogP contribution >= 0.6 is 12.4 Å². The first-order chi connectivity index (χ1) is 7.21. The molecule has 2 saturated carbocycles. The van der Waals surface area contributed by atoms with Gasteiger partial charge in [-0.15, -0.1) is 12.4 Å². The molecule has 0 aromatic carbocycles. The molecule has 2 aliphatic rings. The van der Waals surface area contributed by atoms with Crippen molar-refractivity contribution in [1.82, 2.24) is 5.32 Å². The summed E-state index contributed by atoms with van der Waals surface area (Å²) in [5.41, 5.74) is 5.47. The van der Waals surface area contributed by atoms with E-state index in [0.29, 0.717) is 6.04 Å². The highest BCUT2D eigenvalue weighted by molar-refractivity contribution is 5.87. The summed E-state index contributed by atoms with van der Waals surface area (Å²) in [7, 11) is 0. The van der Waals surface area contributed by atoms with Crippen LogP contribution in [0.5, 0.6) is 0 Å². The summed E-state index contributed by atoms with van der Waals surface area (Å²) in [6, 6.07) is 0.390. The molecule has 0 bridgehead atoms. The van der Waals surface area contributed by atoms with Crippen molar-refractivity contribution in [2.45, 2.75) is 69.4 Å². The minimum atomic E-state index is -0.522. The first kappa shape index (κ1) is 13.8. The lowest BCUT2D eigenvalue weighted by molar-refractivity contribution is -0.130. The van der Waals surface area contributed by atoms with E-state index in [1.54, 1.807) is 0 Å². The first-order valence-electron chi connectivity index (χ1n) is 6.31. The molecular formula is C12H23ClN2O. The van der Waals surface area contributed by atoms with Crippen LogP contribution in [0.4, 0.5) is 0 Å². The molecule has 3 N–H and O–H groups in total. The molecule has 94 valence electrons. The van der Waals surface area contributed by atoms with Crippen LogP contribution < -0.4 is 11.1 Å². The zero-order valence-electron chi connectivity index (χ0n) is 9.84. The molecule has 0 atom stereocenters. The predicted octanol–water partition coefficient (Wildman–Crippen LogP) is 2.13. The summed E-state index contributed by atoms with van der Waals surface area (Å²) in [6.45, 7) is 0. The molecule has 1 amide bonds. The highest BCUT2D eigenvalue weighted by atomic mass is 35.5. The van der Waals surface area contributed by atoms with Crippen LogP contribution in [0.1, 0.15) is 57.8 Å². The molecule has 0 radical (unpaired) electrons. The van der Waals surface area contributed by atoms with Crippen LogP contribution in [-0.2, 0) is 4.79 Å². The first-order valence-corrected chi connectivity index (χ1v) is 6.31. The predicted molar refractivity (Wildman–Crippen MR) is 67.7 cm³/mol. The average Bonchev–Trinajstić information content (AvgIpc) is 2.42. The molecule has 3 nitrogen and oxygen atoms in total. The number of carbonyl (C=O) groups is 1. The third-order valence-corrected chi connectivity index (χ3v) is 3.89. The second-order valence-corrected chi connectivity index (χ2v) is 5.17. The zero-order valence-corrected chi connectivity index (χ0v) is 10.7. The quantitative estimate of drug-likeness (QED) is 0.734. The Morgan fingerprint density at radius 2 is 1.62 bits per heavy atom. The van der Waals surface area contributed by atoms with Crippen molar-refractivity contribution in [3.05, 3.63) is 0 Å². The summed E-state index contributed by atoms with van der Waals surface area (Å²) in [5, 5.41) is 3.14. The molecule has 0 heterocycles. The molecule has 2 aliphatic carbocycles. The van der Waals surface area contributed by atoms with Gasteiger partial charge in [0.15, 0.2) is 0 Å². The van der Waals surface area contributed by atoms with E-state index in [0.717, 1.165) is 32.1 Å². The van der Waals surface area contributed by atoms with Gasteiger partial charge in [-0.2, -0.15) is 0 Å². The van der Waals surface area contributed by atoms with Gasteiger partial charge in [-0.25, -0.2) is 0 Å². The van der Waals surface area contributed by atoms with E-state index in [1.165, 1.54) is 25.7 Å². The van der Waals surface area contributed by atoms with Crippen LogP contribution in [0.3, 0.4) is 0 Å². The van der Waals surface area contributed by atoms with Crippen LogP contribution in [0, 0.1) is 0 Å². The van der Waals surface area contributed by atoms with Gasteiger partial charge in [-0.1, -0.05) is 25.7 Å². The molecule has 0 aliphatic heterocycles. The van der Waals surface area contributed by atoms with Crippen LogP contribution in [-0.4, -0.2) is 17.5 Å². The Hall–Kier alpha value is -0.280. The normalized spacial score (nSPS) is 24.8. The van der Waals surface area contributed by atoms with Gasteiger partial charge in [0, 0.05) is 6.04 Å². The number of carbonyl (C=O) groups excluding carboxylic acids is 1. The Bertz CT molecular complexity index is 233. The van der Waals surface area contributed by atoms with E-state index in [2.05, 4.69) is 5.32 Å². The van der Waals surface area contributed by atoms with Crippen molar-refractivity contribution in [2.24, 2.45) is 5.73 Å². The van der Waals surface area contributed by atoms with Crippen LogP contribution in [0.25, 0.3) is 0 Å². The number of nitrogens with one attached hydrogen (secondary N) is 1. The summed E-state index contributed by atoms with van der Waals surface area (Å²) in [6.07, 6.45) is 10.3. The number of hydrogen-bond donors (Lipinski definition) is 2.